The lowest BCUT2D eigenvalue weighted by molar-refractivity contribution is -0.00337. The Bertz CT molecular complexity index is 830. The highest BCUT2D eigenvalue weighted by atomic mass is 32.1. The molecule has 0 saturated carbocycles. The fourth-order valence-electron chi connectivity index (χ4n) is 3.20. The molecule has 0 unspecified atom stereocenters. The van der Waals surface area contributed by atoms with Gasteiger partial charge in [0.15, 0.2) is 0 Å². The molecule has 9 heteroatoms. The normalized spacial score (nSPS) is 18.4. The van der Waals surface area contributed by atoms with Crippen LogP contribution in [0.5, 0.6) is 5.88 Å². The van der Waals surface area contributed by atoms with E-state index in [1.807, 2.05) is 13.0 Å². The van der Waals surface area contributed by atoms with Gasteiger partial charge in [-0.15, -0.1) is 11.3 Å². The average Bonchev–Trinajstić information content (AvgIpc) is 2.96. The van der Waals surface area contributed by atoms with Gasteiger partial charge in [-0.25, -0.2) is 4.98 Å². The number of aromatic nitrogens is 1. The van der Waals surface area contributed by atoms with Crippen LogP contribution in [0.15, 0.2) is 6.07 Å². The molecule has 146 valence electrons. The molecule has 4 heterocycles. The topological polar surface area (TPSA) is 98.9 Å². The number of nitrogens with zero attached hydrogens (tertiary/aromatic N) is 2. The van der Waals surface area contributed by atoms with Gasteiger partial charge in [-0.1, -0.05) is 0 Å². The maximum Gasteiger partial charge on any atom is 0.263 e. The number of hydrogen-bond acceptors (Lipinski definition) is 8. The van der Waals surface area contributed by atoms with Crippen LogP contribution in [0.1, 0.15) is 15.2 Å². The van der Waals surface area contributed by atoms with Crippen molar-refractivity contribution in [3.63, 3.8) is 0 Å². The molecule has 0 atom stereocenters. The van der Waals surface area contributed by atoms with Crippen LogP contribution in [0.4, 0.5) is 5.69 Å². The summed E-state index contributed by atoms with van der Waals surface area (Å²) in [5.74, 6) is 0.395. The van der Waals surface area contributed by atoms with E-state index in [1.165, 1.54) is 11.3 Å². The molecular formula is C18H24N4O4S. The van der Waals surface area contributed by atoms with Crippen molar-refractivity contribution in [3.05, 3.63) is 16.5 Å². The molecule has 4 rings (SSSR count). The second-order valence-corrected chi connectivity index (χ2v) is 7.81. The Morgan fingerprint density at radius 1 is 1.41 bits per heavy atom. The quantitative estimate of drug-likeness (QED) is 0.757. The lowest BCUT2D eigenvalue weighted by Crippen LogP contribution is -2.48. The van der Waals surface area contributed by atoms with Crippen LogP contribution in [-0.4, -0.2) is 74.5 Å². The Balaban J connectivity index is 1.46. The van der Waals surface area contributed by atoms with Crippen molar-refractivity contribution in [2.45, 2.75) is 13.0 Å². The minimum atomic E-state index is -0.169. The summed E-state index contributed by atoms with van der Waals surface area (Å²) in [4.78, 5) is 20.6. The zero-order valence-electron chi connectivity index (χ0n) is 15.3. The highest BCUT2D eigenvalue weighted by molar-refractivity contribution is 7.21. The first-order chi connectivity index (χ1) is 13.1. The molecular weight excluding hydrogens is 368 g/mol. The molecule has 0 aromatic carbocycles. The number of hydrogen-bond donors (Lipinski definition) is 2. The molecule has 27 heavy (non-hydrogen) atoms. The van der Waals surface area contributed by atoms with Crippen molar-refractivity contribution in [1.29, 1.82) is 0 Å². The van der Waals surface area contributed by atoms with Crippen LogP contribution < -0.4 is 15.8 Å². The number of nitrogen functional groups attached to an aromatic ring is 1. The number of carbonyl (C=O) groups is 1. The second-order valence-electron chi connectivity index (χ2n) is 6.81. The van der Waals surface area contributed by atoms with Crippen LogP contribution in [0.2, 0.25) is 0 Å². The number of thiophene rings is 1. The summed E-state index contributed by atoms with van der Waals surface area (Å²) in [6.45, 7) is 7.87. The molecule has 3 N–H and O–H groups in total. The van der Waals surface area contributed by atoms with Crippen molar-refractivity contribution >= 4 is 33.1 Å². The van der Waals surface area contributed by atoms with Gasteiger partial charge < -0.3 is 25.3 Å². The van der Waals surface area contributed by atoms with Crippen molar-refractivity contribution in [3.8, 4) is 5.88 Å². The van der Waals surface area contributed by atoms with Gasteiger partial charge in [0.2, 0.25) is 5.88 Å². The third-order valence-electron chi connectivity index (χ3n) is 4.81. The Hall–Kier alpha value is -1.94. The standard InChI is InChI=1S/C18H24N4O4S/c1-11-8-13(26-7-4-22-2-5-24-6-3-22)21-18-14(11)15(19)16(27-18)17(23)20-12-9-25-10-12/h8,12H,2-7,9-10,19H2,1H3,(H,20,23). The molecule has 0 aliphatic carbocycles. The largest absolute Gasteiger partial charge is 0.476 e. The van der Waals surface area contributed by atoms with Gasteiger partial charge in [-0.2, -0.15) is 0 Å². The van der Waals surface area contributed by atoms with E-state index in [2.05, 4.69) is 15.2 Å². The first-order valence-electron chi connectivity index (χ1n) is 9.13. The monoisotopic (exact) mass is 392 g/mol. The first kappa shape index (κ1) is 18.4. The van der Waals surface area contributed by atoms with E-state index < -0.39 is 0 Å². The smallest absolute Gasteiger partial charge is 0.263 e. The number of ether oxygens (including phenoxy) is 3. The third-order valence-corrected chi connectivity index (χ3v) is 5.91. The minimum Gasteiger partial charge on any atom is -0.476 e. The predicted molar refractivity (Wildman–Crippen MR) is 104 cm³/mol. The molecule has 8 nitrogen and oxygen atoms in total. The molecule has 1 amide bonds. The van der Waals surface area contributed by atoms with E-state index >= 15 is 0 Å². The minimum absolute atomic E-state index is 0.0650. The molecule has 0 spiro atoms. The number of morpholine rings is 1. The molecule has 2 aromatic rings. The summed E-state index contributed by atoms with van der Waals surface area (Å²) in [7, 11) is 0. The van der Waals surface area contributed by atoms with E-state index in [0.717, 1.165) is 48.6 Å². The second kappa shape index (κ2) is 7.97. The van der Waals surface area contributed by atoms with Gasteiger partial charge in [0.1, 0.15) is 16.3 Å². The van der Waals surface area contributed by atoms with Gasteiger partial charge in [0.25, 0.3) is 5.91 Å². The summed E-state index contributed by atoms with van der Waals surface area (Å²) >= 11 is 1.30. The van der Waals surface area contributed by atoms with Crippen LogP contribution in [0.25, 0.3) is 10.2 Å². The van der Waals surface area contributed by atoms with Gasteiger partial charge >= 0.3 is 0 Å². The van der Waals surface area contributed by atoms with Crippen molar-refractivity contribution in [1.82, 2.24) is 15.2 Å². The number of amides is 1. The molecule has 2 aliphatic heterocycles. The number of fused-ring (bicyclic) bond motifs is 1. The molecule has 0 radical (unpaired) electrons. The number of pyridine rings is 1. The van der Waals surface area contributed by atoms with Crippen LogP contribution in [-0.2, 0) is 9.47 Å². The third kappa shape index (κ3) is 4.01. The van der Waals surface area contributed by atoms with Gasteiger partial charge in [-0.3, -0.25) is 9.69 Å². The molecule has 0 bridgehead atoms. The number of aryl methyl sites for hydroxylation is 1. The maximum absolute atomic E-state index is 12.5. The summed E-state index contributed by atoms with van der Waals surface area (Å²) < 4.78 is 16.3. The number of rotatable bonds is 6. The van der Waals surface area contributed by atoms with E-state index in [0.29, 0.717) is 36.3 Å². The van der Waals surface area contributed by atoms with E-state index in [9.17, 15) is 4.79 Å². The van der Waals surface area contributed by atoms with Crippen LogP contribution in [0.3, 0.4) is 0 Å². The SMILES string of the molecule is Cc1cc(OCCN2CCOCC2)nc2sc(C(=O)NC3COC3)c(N)c12. The summed E-state index contributed by atoms with van der Waals surface area (Å²) in [5, 5.41) is 3.76. The van der Waals surface area contributed by atoms with Crippen molar-refractivity contribution in [2.75, 3.05) is 58.4 Å². The Kier molecular flexibility index (Phi) is 5.44. The maximum atomic E-state index is 12.5. The number of anilines is 1. The zero-order valence-corrected chi connectivity index (χ0v) is 16.1. The Labute approximate surface area is 161 Å². The summed E-state index contributed by atoms with van der Waals surface area (Å²) in [6.07, 6.45) is 0. The van der Waals surface area contributed by atoms with E-state index in [-0.39, 0.29) is 11.9 Å². The molecule has 2 saturated heterocycles. The van der Waals surface area contributed by atoms with Crippen LogP contribution in [0, 0.1) is 6.92 Å². The molecule has 2 aromatic heterocycles. The highest BCUT2D eigenvalue weighted by Gasteiger charge is 2.25. The van der Waals surface area contributed by atoms with Gasteiger partial charge in [0.05, 0.1) is 38.2 Å². The van der Waals surface area contributed by atoms with Crippen molar-refractivity contribution in [2.24, 2.45) is 0 Å². The lowest BCUT2D eigenvalue weighted by Gasteiger charge is -2.26. The highest BCUT2D eigenvalue weighted by Crippen LogP contribution is 2.36. The number of carbonyl (C=O) groups excluding carboxylic acids is 1. The predicted octanol–water partition coefficient (Wildman–Crippen LogP) is 1.03. The Morgan fingerprint density at radius 2 is 2.19 bits per heavy atom. The van der Waals surface area contributed by atoms with Crippen molar-refractivity contribution < 1.29 is 19.0 Å². The molecule has 2 fully saturated rings. The van der Waals surface area contributed by atoms with E-state index in [1.54, 1.807) is 0 Å². The summed E-state index contributed by atoms with van der Waals surface area (Å²) in [6, 6.07) is 1.95. The Morgan fingerprint density at radius 3 is 2.89 bits per heavy atom. The first-order valence-corrected chi connectivity index (χ1v) is 9.94. The fraction of sp³-hybridized carbons (Fsp3) is 0.556. The van der Waals surface area contributed by atoms with E-state index in [4.69, 9.17) is 19.9 Å². The number of nitrogens with two attached hydrogens (primary N) is 1. The van der Waals surface area contributed by atoms with Crippen LogP contribution >= 0.6 is 11.3 Å². The lowest BCUT2D eigenvalue weighted by atomic mass is 10.1. The average molecular weight is 392 g/mol. The summed E-state index contributed by atoms with van der Waals surface area (Å²) in [5.41, 5.74) is 7.69. The molecule has 2 aliphatic rings. The van der Waals surface area contributed by atoms with Gasteiger partial charge in [0, 0.05) is 31.1 Å². The fourth-order valence-corrected chi connectivity index (χ4v) is 4.26. The van der Waals surface area contributed by atoms with Gasteiger partial charge in [-0.05, 0) is 12.5 Å². The zero-order chi connectivity index (χ0) is 18.8. The number of nitrogens with one attached hydrogen (secondary N) is 1.